The van der Waals surface area contributed by atoms with E-state index in [4.69, 9.17) is 10.2 Å². The van der Waals surface area contributed by atoms with E-state index in [0.717, 1.165) is 0 Å². The molecule has 2 heterocycles. The molecule has 7 heteroatoms. The van der Waals surface area contributed by atoms with Gasteiger partial charge in [-0.1, -0.05) is 0 Å². The zero-order valence-electron chi connectivity index (χ0n) is 8.90. The van der Waals surface area contributed by atoms with Crippen molar-refractivity contribution in [1.82, 2.24) is 9.97 Å². The van der Waals surface area contributed by atoms with Crippen molar-refractivity contribution >= 4 is 17.7 Å². The van der Waals surface area contributed by atoms with Gasteiger partial charge in [-0.3, -0.25) is 10.1 Å². The normalized spacial score (nSPS) is 10.2. The fraction of sp³-hybridized carbons (Fsp3) is 0.100. The van der Waals surface area contributed by atoms with Gasteiger partial charge in [0.25, 0.3) is 5.91 Å². The molecule has 0 spiro atoms. The molecular weight excluding hydrogens is 227 g/mol. The first-order valence-corrected chi connectivity index (χ1v) is 4.71. The van der Waals surface area contributed by atoms with Gasteiger partial charge in [0.1, 0.15) is 6.26 Å². The Hall–Kier alpha value is -2.44. The maximum atomic E-state index is 13.5. The van der Waals surface area contributed by atoms with E-state index in [0.29, 0.717) is 5.69 Å². The van der Waals surface area contributed by atoms with E-state index >= 15 is 0 Å². The molecule has 0 radical (unpaired) electrons. The van der Waals surface area contributed by atoms with Gasteiger partial charge in [0.15, 0.2) is 11.6 Å². The highest BCUT2D eigenvalue weighted by atomic mass is 19.1. The number of nitrogens with two attached hydrogens (primary N) is 1. The quantitative estimate of drug-likeness (QED) is 0.820. The number of anilines is 2. The Morgan fingerprint density at radius 3 is 3.00 bits per heavy atom. The van der Waals surface area contributed by atoms with Crippen molar-refractivity contribution in [3.63, 3.8) is 0 Å². The van der Waals surface area contributed by atoms with Crippen molar-refractivity contribution in [2.45, 2.75) is 6.92 Å². The van der Waals surface area contributed by atoms with Gasteiger partial charge in [0.2, 0.25) is 0 Å². The average molecular weight is 236 g/mol. The van der Waals surface area contributed by atoms with Gasteiger partial charge in [0, 0.05) is 6.20 Å². The molecule has 6 nitrogen and oxygen atoms in total. The number of aryl methyl sites for hydroxylation is 1. The van der Waals surface area contributed by atoms with Crippen LogP contribution in [0.5, 0.6) is 0 Å². The third kappa shape index (κ3) is 2.22. The van der Waals surface area contributed by atoms with Gasteiger partial charge in [-0.05, 0) is 13.0 Å². The maximum Gasteiger partial charge on any atom is 0.301 e. The lowest BCUT2D eigenvalue weighted by Gasteiger charge is -2.03. The molecule has 2 aromatic rings. The molecule has 0 saturated carbocycles. The predicted octanol–water partition coefficient (Wildman–Crippen LogP) is 1.35. The largest absolute Gasteiger partial charge is 0.432 e. The first-order chi connectivity index (χ1) is 8.08. The van der Waals surface area contributed by atoms with E-state index in [-0.39, 0.29) is 17.4 Å². The Bertz CT molecular complexity index is 567. The van der Waals surface area contributed by atoms with Gasteiger partial charge >= 0.3 is 6.01 Å². The lowest BCUT2D eigenvalue weighted by Crippen LogP contribution is -2.15. The van der Waals surface area contributed by atoms with Gasteiger partial charge in [0.05, 0.1) is 11.3 Å². The topological polar surface area (TPSA) is 94.0 Å². The van der Waals surface area contributed by atoms with Crippen LogP contribution in [0.2, 0.25) is 0 Å². The van der Waals surface area contributed by atoms with Crippen molar-refractivity contribution < 1.29 is 13.6 Å². The van der Waals surface area contributed by atoms with E-state index in [1.807, 2.05) is 0 Å². The summed E-state index contributed by atoms with van der Waals surface area (Å²) in [7, 11) is 0. The minimum Gasteiger partial charge on any atom is -0.432 e. The summed E-state index contributed by atoms with van der Waals surface area (Å²) in [5.41, 5.74) is 5.64. The van der Waals surface area contributed by atoms with Crippen LogP contribution in [0.4, 0.5) is 16.2 Å². The fourth-order valence-corrected chi connectivity index (χ4v) is 1.21. The number of aromatic nitrogens is 2. The molecule has 0 unspecified atom stereocenters. The Morgan fingerprint density at radius 2 is 2.35 bits per heavy atom. The molecule has 0 aromatic carbocycles. The van der Waals surface area contributed by atoms with Crippen molar-refractivity contribution in [1.29, 1.82) is 0 Å². The summed E-state index contributed by atoms with van der Waals surface area (Å²) >= 11 is 0. The van der Waals surface area contributed by atoms with Crippen LogP contribution >= 0.6 is 0 Å². The van der Waals surface area contributed by atoms with Gasteiger partial charge in [-0.15, -0.1) is 0 Å². The van der Waals surface area contributed by atoms with E-state index in [1.165, 1.54) is 18.5 Å². The molecule has 2 aromatic heterocycles. The number of oxazole rings is 1. The molecule has 0 bridgehead atoms. The highest BCUT2D eigenvalue weighted by molar-refractivity contribution is 6.03. The lowest BCUT2D eigenvalue weighted by atomic mass is 10.2. The standard InChI is InChI=1S/C10H9FN4O2/c1-5-4-17-10(14-5)15-9(16)6-2-3-13-8(12)7(6)11/h2-4H,1H3,(H2,12,13)(H,14,15,16). The van der Waals surface area contributed by atoms with Crippen LogP contribution in [-0.4, -0.2) is 15.9 Å². The summed E-state index contributed by atoms with van der Waals surface area (Å²) in [6, 6.07) is 1.22. The summed E-state index contributed by atoms with van der Waals surface area (Å²) in [4.78, 5) is 19.0. The van der Waals surface area contributed by atoms with Crippen molar-refractivity contribution in [3.8, 4) is 0 Å². The van der Waals surface area contributed by atoms with Crippen molar-refractivity contribution in [2.75, 3.05) is 11.1 Å². The van der Waals surface area contributed by atoms with E-state index in [2.05, 4.69) is 15.3 Å². The number of hydrogen-bond donors (Lipinski definition) is 2. The van der Waals surface area contributed by atoms with E-state index < -0.39 is 11.7 Å². The van der Waals surface area contributed by atoms with Gasteiger partial charge < -0.3 is 10.2 Å². The molecule has 0 aliphatic heterocycles. The van der Waals surface area contributed by atoms with Crippen molar-refractivity contribution in [2.24, 2.45) is 0 Å². The second kappa shape index (κ2) is 4.20. The number of carbonyl (C=O) groups excluding carboxylic acids is 1. The number of carbonyl (C=O) groups is 1. The number of nitrogen functional groups attached to an aromatic ring is 1. The average Bonchev–Trinajstić information content (AvgIpc) is 2.68. The number of nitrogens with zero attached hydrogens (tertiary/aromatic N) is 2. The minimum atomic E-state index is -0.867. The molecule has 0 atom stereocenters. The molecule has 1 amide bonds. The molecule has 0 fully saturated rings. The first-order valence-electron chi connectivity index (χ1n) is 4.71. The maximum absolute atomic E-state index is 13.5. The molecular formula is C10H9FN4O2. The molecule has 0 aliphatic rings. The van der Waals surface area contributed by atoms with E-state index in [9.17, 15) is 9.18 Å². The van der Waals surface area contributed by atoms with Gasteiger partial charge in [-0.2, -0.15) is 4.98 Å². The summed E-state index contributed by atoms with van der Waals surface area (Å²) in [5, 5.41) is 2.31. The number of amides is 1. The highest BCUT2D eigenvalue weighted by Crippen LogP contribution is 2.14. The lowest BCUT2D eigenvalue weighted by molar-refractivity contribution is 0.102. The smallest absolute Gasteiger partial charge is 0.301 e. The Labute approximate surface area is 95.7 Å². The number of nitrogens with one attached hydrogen (secondary N) is 1. The monoisotopic (exact) mass is 236 g/mol. The summed E-state index contributed by atoms with van der Waals surface area (Å²) < 4.78 is 18.4. The number of rotatable bonds is 2. The second-order valence-electron chi connectivity index (χ2n) is 3.31. The van der Waals surface area contributed by atoms with Gasteiger partial charge in [-0.25, -0.2) is 9.37 Å². The molecule has 88 valence electrons. The molecule has 0 aliphatic carbocycles. The first kappa shape index (κ1) is 11.1. The third-order valence-electron chi connectivity index (χ3n) is 2.00. The Morgan fingerprint density at radius 1 is 1.59 bits per heavy atom. The van der Waals surface area contributed by atoms with Crippen LogP contribution in [0.25, 0.3) is 0 Å². The number of halogens is 1. The fourth-order valence-electron chi connectivity index (χ4n) is 1.21. The minimum absolute atomic E-state index is 0.00211. The van der Waals surface area contributed by atoms with Crippen LogP contribution in [-0.2, 0) is 0 Å². The molecule has 17 heavy (non-hydrogen) atoms. The SMILES string of the molecule is Cc1coc(NC(=O)c2ccnc(N)c2F)n1. The Kier molecular flexibility index (Phi) is 2.73. The zero-order chi connectivity index (χ0) is 12.4. The van der Waals surface area contributed by atoms with E-state index in [1.54, 1.807) is 6.92 Å². The van der Waals surface area contributed by atoms with Crippen LogP contribution < -0.4 is 11.1 Å². The molecule has 0 saturated heterocycles. The molecule has 3 N–H and O–H groups in total. The summed E-state index contributed by atoms with van der Waals surface area (Å²) in [6.07, 6.45) is 2.61. The zero-order valence-corrected chi connectivity index (χ0v) is 8.90. The third-order valence-corrected chi connectivity index (χ3v) is 2.00. The predicted molar refractivity (Wildman–Crippen MR) is 57.8 cm³/mol. The van der Waals surface area contributed by atoms with Crippen molar-refractivity contribution in [3.05, 3.63) is 35.6 Å². The second-order valence-corrected chi connectivity index (χ2v) is 3.31. The summed E-state index contributed by atoms with van der Waals surface area (Å²) in [5.74, 6) is -1.90. The number of pyridine rings is 1. The summed E-state index contributed by atoms with van der Waals surface area (Å²) in [6.45, 7) is 1.70. The van der Waals surface area contributed by atoms with Crippen LogP contribution in [0, 0.1) is 12.7 Å². The Balaban J connectivity index is 2.23. The van der Waals surface area contributed by atoms with Crippen LogP contribution in [0.1, 0.15) is 16.1 Å². The molecule has 2 rings (SSSR count). The van der Waals surface area contributed by atoms with Crippen LogP contribution in [0.3, 0.4) is 0 Å². The number of hydrogen-bond acceptors (Lipinski definition) is 5. The highest BCUT2D eigenvalue weighted by Gasteiger charge is 2.16. The van der Waals surface area contributed by atoms with Crippen LogP contribution in [0.15, 0.2) is 22.9 Å².